The highest BCUT2D eigenvalue weighted by molar-refractivity contribution is 7.87. The zero-order chi connectivity index (χ0) is 11.0. The van der Waals surface area contributed by atoms with Crippen LogP contribution in [0.25, 0.3) is 0 Å². The molecule has 0 spiro atoms. The first-order chi connectivity index (χ1) is 6.29. The summed E-state index contributed by atoms with van der Waals surface area (Å²) in [6, 6.07) is 0. The standard InChI is InChI=1S/C6H8N2O5S/c7-5-1-3-6(4-2-5,8(9)10)14(11,12)13/h1-3H,4,7H2,(H,11,12,13). The summed E-state index contributed by atoms with van der Waals surface area (Å²) in [5.74, 6) is 0. The lowest BCUT2D eigenvalue weighted by Crippen LogP contribution is -2.45. The third kappa shape index (κ3) is 1.49. The van der Waals surface area contributed by atoms with E-state index in [9.17, 15) is 18.5 Å². The Labute approximate surface area is 79.8 Å². The lowest BCUT2D eigenvalue weighted by Gasteiger charge is -2.19. The van der Waals surface area contributed by atoms with E-state index in [0.717, 1.165) is 12.2 Å². The van der Waals surface area contributed by atoms with Gasteiger partial charge in [-0.05, 0) is 6.08 Å². The molecular formula is C6H8N2O5S. The molecule has 0 bridgehead atoms. The van der Waals surface area contributed by atoms with Crippen molar-refractivity contribution < 1.29 is 17.9 Å². The van der Waals surface area contributed by atoms with Crippen molar-refractivity contribution >= 4 is 10.1 Å². The van der Waals surface area contributed by atoms with Crippen LogP contribution in [0, 0.1) is 10.1 Å². The smallest absolute Gasteiger partial charge is 0.364 e. The Hall–Kier alpha value is -1.41. The van der Waals surface area contributed by atoms with Crippen LogP contribution in [0.4, 0.5) is 0 Å². The Kier molecular flexibility index (Phi) is 2.34. The number of nitrogens with zero attached hydrogens (tertiary/aromatic N) is 1. The monoisotopic (exact) mass is 220 g/mol. The van der Waals surface area contributed by atoms with E-state index in [1.54, 1.807) is 0 Å². The van der Waals surface area contributed by atoms with Crippen molar-refractivity contribution in [2.75, 3.05) is 0 Å². The van der Waals surface area contributed by atoms with E-state index in [0.29, 0.717) is 0 Å². The summed E-state index contributed by atoms with van der Waals surface area (Å²) in [6.45, 7) is 0. The van der Waals surface area contributed by atoms with Crippen LogP contribution < -0.4 is 5.73 Å². The number of nitro groups is 1. The van der Waals surface area contributed by atoms with Crippen LogP contribution in [-0.2, 0) is 10.1 Å². The van der Waals surface area contributed by atoms with Gasteiger partial charge in [0.25, 0.3) is 0 Å². The Balaban J connectivity index is 3.26. The van der Waals surface area contributed by atoms with Gasteiger partial charge in [-0.2, -0.15) is 8.42 Å². The van der Waals surface area contributed by atoms with Crippen molar-refractivity contribution in [1.29, 1.82) is 0 Å². The second-order valence-electron chi connectivity index (χ2n) is 2.82. The number of nitrogens with two attached hydrogens (primary N) is 1. The normalized spacial score (nSPS) is 27.1. The van der Waals surface area contributed by atoms with E-state index in [1.165, 1.54) is 6.08 Å². The summed E-state index contributed by atoms with van der Waals surface area (Å²) in [7, 11) is -4.80. The van der Waals surface area contributed by atoms with Crippen LogP contribution in [0.3, 0.4) is 0 Å². The molecule has 0 aliphatic heterocycles. The first-order valence-electron chi connectivity index (χ1n) is 3.56. The van der Waals surface area contributed by atoms with Gasteiger partial charge in [0.1, 0.15) is 0 Å². The van der Waals surface area contributed by atoms with E-state index >= 15 is 0 Å². The highest BCUT2D eigenvalue weighted by Gasteiger charge is 2.53. The van der Waals surface area contributed by atoms with Gasteiger partial charge in [0, 0.05) is 16.7 Å². The summed E-state index contributed by atoms with van der Waals surface area (Å²) in [5, 5.41) is 10.6. The summed E-state index contributed by atoms with van der Waals surface area (Å²) in [6.07, 6.45) is 2.56. The van der Waals surface area contributed by atoms with Gasteiger partial charge >= 0.3 is 15.0 Å². The predicted molar refractivity (Wildman–Crippen MR) is 47.3 cm³/mol. The number of hydrogen-bond donors (Lipinski definition) is 2. The molecule has 0 aromatic heterocycles. The molecule has 0 aromatic carbocycles. The van der Waals surface area contributed by atoms with Gasteiger partial charge in [-0.15, -0.1) is 0 Å². The fraction of sp³-hybridized carbons (Fsp3) is 0.333. The molecule has 7 nitrogen and oxygen atoms in total. The first-order valence-corrected chi connectivity index (χ1v) is 5.00. The van der Waals surface area contributed by atoms with E-state index in [2.05, 4.69) is 0 Å². The highest BCUT2D eigenvalue weighted by Crippen LogP contribution is 2.28. The molecule has 1 rings (SSSR count). The quantitative estimate of drug-likeness (QED) is 0.372. The van der Waals surface area contributed by atoms with E-state index in [4.69, 9.17) is 10.3 Å². The van der Waals surface area contributed by atoms with Crippen LogP contribution in [0.15, 0.2) is 23.9 Å². The molecule has 0 aromatic rings. The third-order valence-corrected chi connectivity index (χ3v) is 3.27. The van der Waals surface area contributed by atoms with Crippen LogP contribution >= 0.6 is 0 Å². The van der Waals surface area contributed by atoms with Crippen molar-refractivity contribution in [3.05, 3.63) is 34.0 Å². The summed E-state index contributed by atoms with van der Waals surface area (Å²) in [4.78, 5) is 7.03. The zero-order valence-electron chi connectivity index (χ0n) is 6.95. The molecule has 1 unspecified atom stereocenters. The minimum Gasteiger partial charge on any atom is -0.399 e. The molecule has 0 fully saturated rings. The highest BCUT2D eigenvalue weighted by atomic mass is 32.2. The first kappa shape index (κ1) is 10.7. The van der Waals surface area contributed by atoms with Gasteiger partial charge in [0.05, 0.1) is 6.42 Å². The van der Waals surface area contributed by atoms with Gasteiger partial charge in [0.2, 0.25) is 0 Å². The molecule has 1 aliphatic carbocycles. The Morgan fingerprint density at radius 2 is 2.21 bits per heavy atom. The second kappa shape index (κ2) is 3.07. The summed E-state index contributed by atoms with van der Waals surface area (Å²) >= 11 is 0. The molecule has 0 heterocycles. The second-order valence-corrected chi connectivity index (χ2v) is 4.48. The molecule has 0 radical (unpaired) electrons. The zero-order valence-corrected chi connectivity index (χ0v) is 7.77. The van der Waals surface area contributed by atoms with Gasteiger partial charge in [-0.25, -0.2) is 0 Å². The van der Waals surface area contributed by atoms with E-state index in [1.807, 2.05) is 0 Å². The minimum atomic E-state index is -4.80. The lowest BCUT2D eigenvalue weighted by atomic mass is 10.1. The predicted octanol–water partition coefficient (Wildman–Crippen LogP) is -0.350. The minimum absolute atomic E-state index is 0.228. The van der Waals surface area contributed by atoms with Crippen LogP contribution in [-0.4, -0.2) is 22.8 Å². The molecule has 1 aliphatic rings. The fourth-order valence-electron chi connectivity index (χ4n) is 1.05. The van der Waals surface area contributed by atoms with E-state index < -0.39 is 26.3 Å². The van der Waals surface area contributed by atoms with Crippen molar-refractivity contribution in [2.45, 2.75) is 11.3 Å². The van der Waals surface area contributed by atoms with Gasteiger partial charge in [-0.3, -0.25) is 14.7 Å². The number of allylic oxidation sites excluding steroid dienone is 1. The lowest BCUT2D eigenvalue weighted by molar-refractivity contribution is -0.527. The van der Waals surface area contributed by atoms with Gasteiger partial charge in [-0.1, -0.05) is 6.08 Å². The summed E-state index contributed by atoms with van der Waals surface area (Å²) < 4.78 is 30.5. The van der Waals surface area contributed by atoms with Crippen molar-refractivity contribution in [3.8, 4) is 0 Å². The maximum absolute atomic E-state index is 10.8. The van der Waals surface area contributed by atoms with Gasteiger partial charge < -0.3 is 5.73 Å². The molecule has 8 heteroatoms. The Morgan fingerprint density at radius 3 is 2.50 bits per heavy atom. The maximum atomic E-state index is 10.8. The Bertz CT molecular complexity index is 424. The molecule has 14 heavy (non-hydrogen) atoms. The SMILES string of the molecule is NC1=CCC([N+](=O)[O-])(S(=O)(=O)O)C=C1. The van der Waals surface area contributed by atoms with Crippen molar-refractivity contribution in [1.82, 2.24) is 0 Å². The van der Waals surface area contributed by atoms with Crippen molar-refractivity contribution in [3.63, 3.8) is 0 Å². The largest absolute Gasteiger partial charge is 0.399 e. The average molecular weight is 220 g/mol. The average Bonchev–Trinajstić information content (AvgIpc) is 2.02. The van der Waals surface area contributed by atoms with Gasteiger partial charge in [0.15, 0.2) is 0 Å². The molecule has 0 saturated carbocycles. The molecule has 3 N–H and O–H groups in total. The molecular weight excluding hydrogens is 212 g/mol. The molecule has 0 saturated heterocycles. The molecule has 0 amide bonds. The topological polar surface area (TPSA) is 124 Å². The molecule has 1 atom stereocenters. The fourth-order valence-corrected chi connectivity index (χ4v) is 1.77. The van der Waals surface area contributed by atoms with Crippen LogP contribution in [0.5, 0.6) is 0 Å². The van der Waals surface area contributed by atoms with E-state index in [-0.39, 0.29) is 5.70 Å². The van der Waals surface area contributed by atoms with Crippen LogP contribution in [0.1, 0.15) is 6.42 Å². The Morgan fingerprint density at radius 1 is 1.64 bits per heavy atom. The molecule has 78 valence electrons. The number of hydrogen-bond acceptors (Lipinski definition) is 5. The third-order valence-electron chi connectivity index (χ3n) is 1.92. The number of rotatable bonds is 2. The van der Waals surface area contributed by atoms with Crippen LogP contribution in [0.2, 0.25) is 0 Å². The maximum Gasteiger partial charge on any atom is 0.364 e. The van der Waals surface area contributed by atoms with Crippen molar-refractivity contribution in [2.24, 2.45) is 5.73 Å². The summed E-state index contributed by atoms with van der Waals surface area (Å²) in [5.41, 5.74) is 5.50.